The third kappa shape index (κ3) is 3.54. The van der Waals surface area contributed by atoms with E-state index in [1.54, 1.807) is 12.1 Å². The van der Waals surface area contributed by atoms with Crippen LogP contribution in [0.25, 0.3) is 0 Å². The molecule has 0 atom stereocenters. The third-order valence-corrected chi connectivity index (χ3v) is 4.21. The zero-order valence-electron chi connectivity index (χ0n) is 12.2. The van der Waals surface area contributed by atoms with Gasteiger partial charge in [0.05, 0.1) is 17.7 Å². The maximum absolute atomic E-state index is 12.4. The molecule has 1 fully saturated rings. The Balaban J connectivity index is 2.16. The number of benzene rings is 1. The molecule has 1 amide bonds. The molecule has 0 unspecified atom stereocenters. The molecule has 1 aromatic carbocycles. The lowest BCUT2D eigenvalue weighted by Gasteiger charge is -2.32. The molecule has 1 heterocycles. The van der Waals surface area contributed by atoms with Crippen molar-refractivity contribution >= 4 is 29.2 Å². The Hall–Kier alpha value is -1.59. The molecule has 0 radical (unpaired) electrons. The van der Waals surface area contributed by atoms with E-state index < -0.39 is 11.4 Å². The summed E-state index contributed by atoms with van der Waals surface area (Å²) in [5, 5.41) is 6.40. The van der Waals surface area contributed by atoms with Gasteiger partial charge in [-0.2, -0.15) is 0 Å². The second-order valence-corrected chi connectivity index (χ2v) is 5.86. The van der Waals surface area contributed by atoms with Gasteiger partial charge in [-0.25, -0.2) is 4.79 Å². The lowest BCUT2D eigenvalue weighted by Crippen LogP contribution is -2.42. The largest absolute Gasteiger partial charge is 0.465 e. The van der Waals surface area contributed by atoms with Crippen LogP contribution in [-0.2, 0) is 9.53 Å². The van der Waals surface area contributed by atoms with E-state index >= 15 is 0 Å². The zero-order chi connectivity index (χ0) is 15.5. The normalized spacial score (nSPS) is 17.1. The summed E-state index contributed by atoms with van der Waals surface area (Å²) in [5.41, 5.74) is 0.396. The Morgan fingerprint density at radius 1 is 1.33 bits per heavy atom. The van der Waals surface area contributed by atoms with Crippen molar-refractivity contribution in [3.63, 3.8) is 0 Å². The topological polar surface area (TPSA) is 67.4 Å². The molecule has 1 aliphatic rings. The maximum Gasteiger partial charge on any atom is 0.339 e. The molecule has 1 saturated heterocycles. The van der Waals surface area contributed by atoms with Crippen molar-refractivity contribution in [3.05, 3.63) is 28.8 Å². The number of carbonyl (C=O) groups excluding carboxylic acids is 2. The van der Waals surface area contributed by atoms with Crippen LogP contribution in [0.15, 0.2) is 18.2 Å². The van der Waals surface area contributed by atoms with Crippen LogP contribution in [0.3, 0.4) is 0 Å². The molecule has 2 N–H and O–H groups in total. The maximum atomic E-state index is 12.4. The number of amides is 1. The van der Waals surface area contributed by atoms with Gasteiger partial charge >= 0.3 is 5.97 Å². The quantitative estimate of drug-likeness (QED) is 0.842. The molecule has 0 saturated carbocycles. The van der Waals surface area contributed by atoms with Crippen molar-refractivity contribution in [2.75, 3.05) is 25.5 Å². The first-order chi connectivity index (χ1) is 9.96. The predicted octanol–water partition coefficient (Wildman–Crippen LogP) is 2.45. The third-order valence-electron chi connectivity index (χ3n) is 3.88. The van der Waals surface area contributed by atoms with Crippen molar-refractivity contribution < 1.29 is 14.3 Å². The van der Waals surface area contributed by atoms with Crippen molar-refractivity contribution in [3.8, 4) is 0 Å². The van der Waals surface area contributed by atoms with Gasteiger partial charge in [0.2, 0.25) is 5.91 Å². The number of methoxy groups -OCH3 is 1. The monoisotopic (exact) mass is 310 g/mol. The number of rotatable bonds is 3. The fourth-order valence-corrected chi connectivity index (χ4v) is 2.55. The van der Waals surface area contributed by atoms with Crippen molar-refractivity contribution in [2.45, 2.75) is 19.8 Å². The average Bonchev–Trinajstić information content (AvgIpc) is 2.49. The summed E-state index contributed by atoms with van der Waals surface area (Å²) >= 11 is 5.96. The number of nitrogens with one attached hydrogen (secondary N) is 2. The van der Waals surface area contributed by atoms with Gasteiger partial charge in [0.15, 0.2) is 0 Å². The lowest BCUT2D eigenvalue weighted by molar-refractivity contribution is -0.126. The number of piperidine rings is 1. The van der Waals surface area contributed by atoms with Crippen LogP contribution in [0.1, 0.15) is 30.1 Å². The highest BCUT2D eigenvalue weighted by molar-refractivity contribution is 6.33. The van der Waals surface area contributed by atoms with E-state index in [2.05, 4.69) is 15.4 Å². The van der Waals surface area contributed by atoms with Crippen LogP contribution in [-0.4, -0.2) is 32.1 Å². The Bertz CT molecular complexity index is 554. The molecule has 1 aliphatic heterocycles. The predicted molar refractivity (Wildman–Crippen MR) is 81.6 cm³/mol. The number of hydrogen-bond acceptors (Lipinski definition) is 4. The Labute approximate surface area is 129 Å². The fourth-order valence-electron chi connectivity index (χ4n) is 2.36. The van der Waals surface area contributed by atoms with Crippen LogP contribution in [0.4, 0.5) is 5.69 Å². The molecule has 2 rings (SSSR count). The minimum absolute atomic E-state index is 0.0397. The van der Waals surface area contributed by atoms with Crippen molar-refractivity contribution in [2.24, 2.45) is 5.41 Å². The molecule has 5 nitrogen and oxygen atoms in total. The molecule has 21 heavy (non-hydrogen) atoms. The minimum Gasteiger partial charge on any atom is -0.465 e. The van der Waals surface area contributed by atoms with E-state index in [0.717, 1.165) is 25.9 Å². The van der Waals surface area contributed by atoms with Crippen molar-refractivity contribution in [1.29, 1.82) is 0 Å². The molecule has 0 spiro atoms. The highest BCUT2D eigenvalue weighted by Gasteiger charge is 2.34. The summed E-state index contributed by atoms with van der Waals surface area (Å²) in [7, 11) is 1.29. The molecular weight excluding hydrogens is 292 g/mol. The van der Waals surface area contributed by atoms with E-state index in [-0.39, 0.29) is 11.5 Å². The SMILES string of the molecule is COC(=O)c1cc(NC(=O)C2(C)CCNCC2)ccc1Cl. The van der Waals surface area contributed by atoms with Crippen LogP contribution in [0.5, 0.6) is 0 Å². The second-order valence-electron chi connectivity index (χ2n) is 5.45. The standard InChI is InChI=1S/C15H19ClN2O3/c1-15(5-7-17-8-6-15)14(20)18-10-3-4-12(16)11(9-10)13(19)21-2/h3-4,9,17H,5-8H2,1-2H3,(H,18,20). The first-order valence-electron chi connectivity index (χ1n) is 6.86. The smallest absolute Gasteiger partial charge is 0.339 e. The van der Waals surface area contributed by atoms with E-state index in [1.807, 2.05) is 6.92 Å². The second kappa shape index (κ2) is 6.45. The van der Waals surface area contributed by atoms with Gasteiger partial charge < -0.3 is 15.4 Å². The van der Waals surface area contributed by atoms with E-state index in [4.69, 9.17) is 11.6 Å². The molecule has 1 aromatic rings. The zero-order valence-corrected chi connectivity index (χ0v) is 12.9. The van der Waals surface area contributed by atoms with Crippen LogP contribution in [0, 0.1) is 5.41 Å². The van der Waals surface area contributed by atoms with Gasteiger partial charge in [0, 0.05) is 11.1 Å². The summed E-state index contributed by atoms with van der Waals surface area (Å²) in [4.78, 5) is 24.0. The summed E-state index contributed by atoms with van der Waals surface area (Å²) in [5.74, 6) is -0.564. The number of hydrogen-bond donors (Lipinski definition) is 2. The summed E-state index contributed by atoms with van der Waals surface area (Å²) in [6, 6.07) is 4.79. The number of carbonyl (C=O) groups is 2. The highest BCUT2D eigenvalue weighted by atomic mass is 35.5. The molecule has 0 aliphatic carbocycles. The Kier molecular flexibility index (Phi) is 4.85. The molecule has 6 heteroatoms. The Morgan fingerprint density at radius 3 is 2.62 bits per heavy atom. The first-order valence-corrected chi connectivity index (χ1v) is 7.24. The van der Waals surface area contributed by atoms with Gasteiger partial charge in [0.25, 0.3) is 0 Å². The summed E-state index contributed by atoms with van der Waals surface area (Å²) in [6.07, 6.45) is 1.58. The van der Waals surface area contributed by atoms with E-state index in [1.165, 1.54) is 13.2 Å². The molecule has 0 aromatic heterocycles. The fraction of sp³-hybridized carbons (Fsp3) is 0.467. The first kappa shape index (κ1) is 15.8. The number of esters is 1. The van der Waals surface area contributed by atoms with Crippen LogP contribution in [0.2, 0.25) is 5.02 Å². The highest BCUT2D eigenvalue weighted by Crippen LogP contribution is 2.30. The van der Waals surface area contributed by atoms with Gasteiger partial charge in [-0.3, -0.25) is 4.79 Å². The van der Waals surface area contributed by atoms with Gasteiger partial charge in [-0.1, -0.05) is 18.5 Å². The van der Waals surface area contributed by atoms with Crippen LogP contribution >= 0.6 is 11.6 Å². The van der Waals surface area contributed by atoms with E-state index in [9.17, 15) is 9.59 Å². The number of anilines is 1. The molecule has 0 bridgehead atoms. The van der Waals surface area contributed by atoms with Crippen LogP contribution < -0.4 is 10.6 Å². The molecular formula is C15H19ClN2O3. The number of ether oxygens (including phenoxy) is 1. The summed E-state index contributed by atoms with van der Waals surface area (Å²) in [6.45, 7) is 3.62. The number of halogens is 1. The van der Waals surface area contributed by atoms with Gasteiger partial charge in [0.1, 0.15) is 0 Å². The van der Waals surface area contributed by atoms with Crippen molar-refractivity contribution in [1.82, 2.24) is 5.32 Å². The van der Waals surface area contributed by atoms with Gasteiger partial charge in [-0.15, -0.1) is 0 Å². The minimum atomic E-state index is -0.524. The lowest BCUT2D eigenvalue weighted by atomic mass is 9.80. The Morgan fingerprint density at radius 2 is 2.00 bits per heavy atom. The summed E-state index contributed by atoms with van der Waals surface area (Å²) < 4.78 is 4.67. The van der Waals surface area contributed by atoms with Gasteiger partial charge in [-0.05, 0) is 44.1 Å². The van der Waals surface area contributed by atoms with E-state index in [0.29, 0.717) is 10.7 Å². The average molecular weight is 311 g/mol. The molecule has 114 valence electrons.